The molecule has 0 bridgehead atoms. The molecule has 1 atom stereocenters. The molecule has 2 aromatic rings. The van der Waals surface area contributed by atoms with E-state index in [-0.39, 0.29) is 0 Å². The first-order chi connectivity index (χ1) is 9.10. The van der Waals surface area contributed by atoms with Gasteiger partial charge in [-0.15, -0.1) is 11.3 Å². The Morgan fingerprint density at radius 3 is 2.26 bits per heavy atom. The van der Waals surface area contributed by atoms with Crippen molar-refractivity contribution in [1.82, 2.24) is 5.32 Å². The largest absolute Gasteiger partial charge is 0.312 e. The minimum Gasteiger partial charge on any atom is -0.312 e. The molecule has 0 saturated heterocycles. The fourth-order valence-electron chi connectivity index (χ4n) is 2.13. The third-order valence-corrected chi connectivity index (χ3v) is 4.72. The molecule has 0 aliphatic carbocycles. The molecule has 102 valence electrons. The lowest BCUT2D eigenvalue weighted by Gasteiger charge is -2.15. The van der Waals surface area contributed by atoms with Crippen LogP contribution in [0.25, 0.3) is 0 Å². The van der Waals surface area contributed by atoms with Crippen molar-refractivity contribution in [2.24, 2.45) is 0 Å². The summed E-state index contributed by atoms with van der Waals surface area (Å²) in [6, 6.07) is 13.3. The molecule has 0 amide bonds. The normalized spacial score (nSPS) is 12.9. The van der Waals surface area contributed by atoms with Gasteiger partial charge in [-0.25, -0.2) is 0 Å². The van der Waals surface area contributed by atoms with Crippen molar-refractivity contribution < 1.29 is 0 Å². The van der Waals surface area contributed by atoms with Crippen LogP contribution in [0.2, 0.25) is 4.34 Å². The Kier molecular flexibility index (Phi) is 5.03. The molecule has 0 fully saturated rings. The number of nitrogens with one attached hydrogen (secondary N) is 1. The molecule has 0 aliphatic heterocycles. The standard InChI is InChI=1S/C16H20ClNS/c1-11(2)13-6-4-12(5-7-13)10-14(18-3)15-8-9-16(17)19-15/h4-9,11,14,18H,10H2,1-3H3. The van der Waals surface area contributed by atoms with Crippen molar-refractivity contribution >= 4 is 22.9 Å². The summed E-state index contributed by atoms with van der Waals surface area (Å²) in [5, 5.41) is 3.37. The van der Waals surface area contributed by atoms with Crippen LogP contribution >= 0.6 is 22.9 Å². The first-order valence-electron chi connectivity index (χ1n) is 6.61. The van der Waals surface area contributed by atoms with Gasteiger partial charge in [-0.3, -0.25) is 0 Å². The topological polar surface area (TPSA) is 12.0 Å². The summed E-state index contributed by atoms with van der Waals surface area (Å²) in [6.45, 7) is 4.44. The number of thiophene rings is 1. The van der Waals surface area contributed by atoms with Crippen molar-refractivity contribution in [2.45, 2.75) is 32.2 Å². The van der Waals surface area contributed by atoms with Crippen molar-refractivity contribution in [3.63, 3.8) is 0 Å². The van der Waals surface area contributed by atoms with Gasteiger partial charge in [0.05, 0.1) is 4.34 Å². The number of likely N-dealkylation sites (N-methyl/N-ethyl adjacent to an activating group) is 1. The van der Waals surface area contributed by atoms with Crippen LogP contribution in [0, 0.1) is 0 Å². The van der Waals surface area contributed by atoms with E-state index in [0.29, 0.717) is 12.0 Å². The zero-order chi connectivity index (χ0) is 13.8. The molecule has 1 aromatic heterocycles. The smallest absolute Gasteiger partial charge is 0.0931 e. The lowest BCUT2D eigenvalue weighted by atomic mass is 9.99. The van der Waals surface area contributed by atoms with Crippen molar-refractivity contribution in [2.75, 3.05) is 7.05 Å². The zero-order valence-electron chi connectivity index (χ0n) is 11.6. The molecule has 1 aromatic carbocycles. The van der Waals surface area contributed by atoms with Gasteiger partial charge in [-0.2, -0.15) is 0 Å². The van der Waals surface area contributed by atoms with Crippen molar-refractivity contribution in [3.8, 4) is 0 Å². The summed E-state index contributed by atoms with van der Waals surface area (Å²) in [5.41, 5.74) is 2.75. The second-order valence-electron chi connectivity index (χ2n) is 5.08. The van der Waals surface area contributed by atoms with Crippen LogP contribution in [0.15, 0.2) is 36.4 Å². The lowest BCUT2D eigenvalue weighted by molar-refractivity contribution is 0.602. The molecule has 19 heavy (non-hydrogen) atoms. The van der Waals surface area contributed by atoms with E-state index in [1.165, 1.54) is 16.0 Å². The van der Waals surface area contributed by atoms with Gasteiger partial charge in [-0.1, -0.05) is 49.7 Å². The summed E-state index contributed by atoms with van der Waals surface area (Å²) in [6.07, 6.45) is 0.992. The van der Waals surface area contributed by atoms with Gasteiger partial charge in [0.2, 0.25) is 0 Å². The van der Waals surface area contributed by atoms with E-state index < -0.39 is 0 Å². The number of hydrogen-bond donors (Lipinski definition) is 1. The van der Waals surface area contributed by atoms with Crippen LogP contribution in [0.4, 0.5) is 0 Å². The van der Waals surface area contributed by atoms with E-state index in [1.54, 1.807) is 11.3 Å². The molecule has 0 saturated carbocycles. The van der Waals surface area contributed by atoms with E-state index >= 15 is 0 Å². The van der Waals surface area contributed by atoms with E-state index in [4.69, 9.17) is 11.6 Å². The summed E-state index contributed by atoms with van der Waals surface area (Å²) in [7, 11) is 2.00. The monoisotopic (exact) mass is 293 g/mol. The number of halogens is 1. The van der Waals surface area contributed by atoms with E-state index in [9.17, 15) is 0 Å². The maximum Gasteiger partial charge on any atom is 0.0931 e. The highest BCUT2D eigenvalue weighted by atomic mass is 35.5. The molecule has 1 heterocycles. The van der Waals surface area contributed by atoms with Crippen molar-refractivity contribution in [3.05, 3.63) is 56.7 Å². The second-order valence-corrected chi connectivity index (χ2v) is 6.83. The van der Waals surface area contributed by atoms with E-state index in [0.717, 1.165) is 10.8 Å². The summed E-state index contributed by atoms with van der Waals surface area (Å²) >= 11 is 7.66. The Hall–Kier alpha value is -0.830. The second kappa shape index (κ2) is 6.56. The van der Waals surface area contributed by atoms with Gasteiger partial charge in [0.1, 0.15) is 0 Å². The molecule has 1 N–H and O–H groups in total. The van der Waals surface area contributed by atoms with Crippen molar-refractivity contribution in [1.29, 1.82) is 0 Å². The Labute approximate surface area is 124 Å². The Morgan fingerprint density at radius 2 is 1.79 bits per heavy atom. The fourth-order valence-corrected chi connectivity index (χ4v) is 3.31. The maximum atomic E-state index is 6.01. The van der Waals surface area contributed by atoms with Gasteiger partial charge in [-0.05, 0) is 42.6 Å². The van der Waals surface area contributed by atoms with Gasteiger partial charge < -0.3 is 5.32 Å². The summed E-state index contributed by atoms with van der Waals surface area (Å²) < 4.78 is 0.852. The lowest BCUT2D eigenvalue weighted by Crippen LogP contribution is -2.17. The minimum atomic E-state index is 0.336. The number of benzene rings is 1. The highest BCUT2D eigenvalue weighted by Crippen LogP contribution is 2.29. The molecule has 1 nitrogen and oxygen atoms in total. The molecule has 3 heteroatoms. The van der Waals surface area contributed by atoms with Crippen LogP contribution in [0.5, 0.6) is 0 Å². The number of hydrogen-bond acceptors (Lipinski definition) is 2. The summed E-state index contributed by atoms with van der Waals surface area (Å²) in [5.74, 6) is 0.588. The van der Waals surface area contributed by atoms with E-state index in [1.807, 2.05) is 13.1 Å². The summed E-state index contributed by atoms with van der Waals surface area (Å²) in [4.78, 5) is 1.29. The molecular formula is C16H20ClNS. The molecule has 0 radical (unpaired) electrons. The van der Waals surface area contributed by atoms with E-state index in [2.05, 4.69) is 49.5 Å². The highest BCUT2D eigenvalue weighted by Gasteiger charge is 2.12. The number of rotatable bonds is 5. The molecule has 0 aliphatic rings. The van der Waals surface area contributed by atoms with Gasteiger partial charge in [0.25, 0.3) is 0 Å². The van der Waals surface area contributed by atoms with Crippen LogP contribution in [0.3, 0.4) is 0 Å². The zero-order valence-corrected chi connectivity index (χ0v) is 13.2. The van der Waals surface area contributed by atoms with Crippen LogP contribution in [0.1, 0.15) is 41.8 Å². The predicted octanol–water partition coefficient (Wildman–Crippen LogP) is 5.03. The first-order valence-corrected chi connectivity index (χ1v) is 7.81. The predicted molar refractivity (Wildman–Crippen MR) is 85.4 cm³/mol. The van der Waals surface area contributed by atoms with Gasteiger partial charge in [0, 0.05) is 10.9 Å². The highest BCUT2D eigenvalue weighted by molar-refractivity contribution is 7.16. The Morgan fingerprint density at radius 1 is 1.11 bits per heavy atom. The third kappa shape index (κ3) is 3.82. The first kappa shape index (κ1) is 14.6. The molecule has 0 spiro atoms. The van der Waals surface area contributed by atoms with Crippen LogP contribution in [-0.2, 0) is 6.42 Å². The Balaban J connectivity index is 2.10. The van der Waals surface area contributed by atoms with Gasteiger partial charge in [0.15, 0.2) is 0 Å². The maximum absolute atomic E-state index is 6.01. The SMILES string of the molecule is CNC(Cc1ccc(C(C)C)cc1)c1ccc(Cl)s1. The molecular weight excluding hydrogens is 274 g/mol. The average molecular weight is 294 g/mol. The van der Waals surface area contributed by atoms with Crippen LogP contribution in [-0.4, -0.2) is 7.05 Å². The Bertz CT molecular complexity index is 516. The van der Waals surface area contributed by atoms with Gasteiger partial charge >= 0.3 is 0 Å². The van der Waals surface area contributed by atoms with Crippen LogP contribution < -0.4 is 5.32 Å². The fraction of sp³-hybridized carbons (Fsp3) is 0.375. The quantitative estimate of drug-likeness (QED) is 0.815. The third-order valence-electron chi connectivity index (χ3n) is 3.37. The molecule has 1 unspecified atom stereocenters. The molecule has 2 rings (SSSR count). The minimum absolute atomic E-state index is 0.336. The average Bonchev–Trinajstić information content (AvgIpc) is 2.83.